The summed E-state index contributed by atoms with van der Waals surface area (Å²) in [5, 5.41) is 4.63. The quantitative estimate of drug-likeness (QED) is 0.840. The molecule has 0 saturated carbocycles. The molecule has 0 amide bonds. The van der Waals surface area contributed by atoms with Gasteiger partial charge in [-0.05, 0) is 30.9 Å². The van der Waals surface area contributed by atoms with Gasteiger partial charge in [-0.25, -0.2) is 0 Å². The zero-order valence-corrected chi connectivity index (χ0v) is 13.4. The normalized spacial score (nSPS) is 13.0. The van der Waals surface area contributed by atoms with Crippen LogP contribution in [0.3, 0.4) is 0 Å². The molecule has 2 rings (SSSR count). The van der Waals surface area contributed by atoms with Crippen LogP contribution in [0.25, 0.3) is 10.9 Å². The van der Waals surface area contributed by atoms with Gasteiger partial charge in [-0.2, -0.15) is 11.8 Å². The van der Waals surface area contributed by atoms with E-state index in [1.165, 1.54) is 16.8 Å². The zero-order valence-electron chi connectivity index (χ0n) is 12.6. The average Bonchev–Trinajstić information content (AvgIpc) is 2.45. The Bertz CT molecular complexity index is 539. The van der Waals surface area contributed by atoms with E-state index in [4.69, 9.17) is 4.98 Å². The lowest BCUT2D eigenvalue weighted by Gasteiger charge is -2.16. The van der Waals surface area contributed by atoms with E-state index >= 15 is 0 Å². The van der Waals surface area contributed by atoms with E-state index in [0.29, 0.717) is 6.04 Å². The van der Waals surface area contributed by atoms with Gasteiger partial charge in [0.2, 0.25) is 0 Å². The summed E-state index contributed by atoms with van der Waals surface area (Å²) >= 11 is 2.03. The Morgan fingerprint density at radius 3 is 2.65 bits per heavy atom. The first-order valence-electron chi connectivity index (χ1n) is 7.28. The van der Waals surface area contributed by atoms with Gasteiger partial charge in [0.05, 0.1) is 5.52 Å². The predicted molar refractivity (Wildman–Crippen MR) is 90.5 cm³/mol. The topological polar surface area (TPSA) is 24.9 Å². The zero-order chi connectivity index (χ0) is 14.4. The Labute approximate surface area is 126 Å². The first kappa shape index (κ1) is 15.3. The molecule has 0 aliphatic rings. The Hall–Kier alpha value is -1.06. The number of rotatable bonds is 7. The van der Waals surface area contributed by atoms with Crippen molar-refractivity contribution in [3.63, 3.8) is 0 Å². The minimum Gasteiger partial charge on any atom is -0.316 e. The Morgan fingerprint density at radius 2 is 1.90 bits per heavy atom. The van der Waals surface area contributed by atoms with E-state index in [2.05, 4.69) is 49.5 Å². The molecule has 1 heterocycles. The average molecular weight is 288 g/mol. The summed E-state index contributed by atoms with van der Waals surface area (Å²) in [6.45, 7) is 4.54. The van der Waals surface area contributed by atoms with E-state index in [1.807, 2.05) is 24.9 Å². The maximum absolute atomic E-state index is 4.76. The minimum absolute atomic E-state index is 0.493. The predicted octanol–water partition coefficient (Wildman–Crippen LogP) is 3.75. The van der Waals surface area contributed by atoms with Crippen LogP contribution in [0.4, 0.5) is 0 Å². The van der Waals surface area contributed by atoms with E-state index in [9.17, 15) is 0 Å². The van der Waals surface area contributed by atoms with E-state index < -0.39 is 0 Å². The lowest BCUT2D eigenvalue weighted by molar-refractivity contribution is 0.609. The van der Waals surface area contributed by atoms with Crippen molar-refractivity contribution in [2.75, 3.05) is 18.6 Å². The summed E-state index contributed by atoms with van der Waals surface area (Å²) < 4.78 is 0. The third-order valence-electron chi connectivity index (χ3n) is 3.29. The molecule has 3 heteroatoms. The molecule has 2 aromatic rings. The lowest BCUT2D eigenvalue weighted by Crippen LogP contribution is -2.30. The van der Waals surface area contributed by atoms with Gasteiger partial charge in [0.25, 0.3) is 0 Å². The number of aromatic nitrogens is 1. The Balaban J connectivity index is 1.98. The second-order valence-corrected chi connectivity index (χ2v) is 6.69. The number of likely N-dealkylation sites (N-methyl/N-ethyl adjacent to an activating group) is 1. The molecule has 2 nitrogen and oxygen atoms in total. The number of fused-ring (bicyclic) bond motifs is 1. The van der Waals surface area contributed by atoms with Crippen LogP contribution in [0.2, 0.25) is 0 Å². The lowest BCUT2D eigenvalue weighted by atomic mass is 10.1. The fourth-order valence-electron chi connectivity index (χ4n) is 2.16. The van der Waals surface area contributed by atoms with Crippen molar-refractivity contribution in [1.82, 2.24) is 10.3 Å². The monoisotopic (exact) mass is 288 g/mol. The fraction of sp³-hybridized carbons (Fsp3) is 0.471. The number of hydrogen-bond donors (Lipinski definition) is 1. The molecule has 1 aromatic heterocycles. The summed E-state index contributed by atoms with van der Waals surface area (Å²) in [5.41, 5.74) is 2.27. The molecule has 0 saturated heterocycles. The van der Waals surface area contributed by atoms with Gasteiger partial charge in [-0.3, -0.25) is 4.98 Å². The third kappa shape index (κ3) is 4.50. The Morgan fingerprint density at radius 1 is 1.10 bits per heavy atom. The first-order valence-corrected chi connectivity index (χ1v) is 8.44. The highest BCUT2D eigenvalue weighted by atomic mass is 32.2. The van der Waals surface area contributed by atoms with Crippen LogP contribution in [0.15, 0.2) is 36.4 Å². The Kier molecular flexibility index (Phi) is 5.86. The maximum Gasteiger partial charge on any atom is 0.0705 e. The van der Waals surface area contributed by atoms with E-state index in [1.54, 1.807) is 0 Å². The van der Waals surface area contributed by atoms with Gasteiger partial charge >= 0.3 is 0 Å². The van der Waals surface area contributed by atoms with Gasteiger partial charge in [-0.15, -0.1) is 0 Å². The summed E-state index contributed by atoms with van der Waals surface area (Å²) in [6.07, 6.45) is 0.992. The fourth-order valence-corrected chi connectivity index (χ4v) is 3.34. The number of nitrogens with zero attached hydrogens (tertiary/aromatic N) is 1. The molecule has 1 atom stereocenters. The van der Waals surface area contributed by atoms with Gasteiger partial charge in [-0.1, -0.05) is 38.1 Å². The second-order valence-electron chi connectivity index (χ2n) is 5.62. The van der Waals surface area contributed by atoms with Gasteiger partial charge in [0.15, 0.2) is 0 Å². The van der Waals surface area contributed by atoms with Crippen LogP contribution in [0.1, 0.15) is 19.5 Å². The van der Waals surface area contributed by atoms with Crippen LogP contribution in [0, 0.1) is 5.92 Å². The van der Waals surface area contributed by atoms with Crippen LogP contribution >= 0.6 is 11.8 Å². The summed E-state index contributed by atoms with van der Waals surface area (Å²) in [6, 6.07) is 13.1. The molecule has 108 valence electrons. The smallest absolute Gasteiger partial charge is 0.0705 e. The molecule has 0 spiro atoms. The summed E-state index contributed by atoms with van der Waals surface area (Å²) in [7, 11) is 2.04. The van der Waals surface area contributed by atoms with Crippen molar-refractivity contribution in [3.8, 4) is 0 Å². The van der Waals surface area contributed by atoms with Crippen molar-refractivity contribution >= 4 is 22.7 Å². The molecular weight excluding hydrogens is 264 g/mol. The van der Waals surface area contributed by atoms with Gasteiger partial charge < -0.3 is 5.32 Å². The molecule has 0 fully saturated rings. The molecule has 0 bridgehead atoms. The summed E-state index contributed by atoms with van der Waals surface area (Å²) in [4.78, 5) is 4.76. The second kappa shape index (κ2) is 7.65. The molecule has 1 unspecified atom stereocenters. The third-order valence-corrected chi connectivity index (χ3v) is 4.83. The number of para-hydroxylation sites is 1. The van der Waals surface area contributed by atoms with E-state index in [-0.39, 0.29) is 0 Å². The minimum atomic E-state index is 0.493. The first-order chi connectivity index (χ1) is 9.69. The van der Waals surface area contributed by atoms with Crippen LogP contribution < -0.4 is 5.32 Å². The van der Waals surface area contributed by atoms with Crippen LogP contribution in [0.5, 0.6) is 0 Å². The largest absolute Gasteiger partial charge is 0.316 e. The highest BCUT2D eigenvalue weighted by molar-refractivity contribution is 7.99. The molecular formula is C17H24N2S. The number of nitrogens with one attached hydrogen (secondary N) is 1. The van der Waals surface area contributed by atoms with Gasteiger partial charge in [0, 0.05) is 29.3 Å². The molecule has 0 radical (unpaired) electrons. The van der Waals surface area contributed by atoms with Crippen molar-refractivity contribution in [2.45, 2.75) is 26.3 Å². The van der Waals surface area contributed by atoms with Crippen LogP contribution in [-0.4, -0.2) is 29.6 Å². The van der Waals surface area contributed by atoms with E-state index in [0.717, 1.165) is 23.6 Å². The van der Waals surface area contributed by atoms with Crippen molar-refractivity contribution < 1.29 is 0 Å². The number of pyridine rings is 1. The number of benzene rings is 1. The van der Waals surface area contributed by atoms with Crippen molar-refractivity contribution in [2.24, 2.45) is 5.92 Å². The van der Waals surface area contributed by atoms with Crippen molar-refractivity contribution in [1.29, 1.82) is 0 Å². The molecule has 1 aromatic carbocycles. The number of thioether (sulfide) groups is 1. The van der Waals surface area contributed by atoms with Gasteiger partial charge in [0.1, 0.15) is 0 Å². The summed E-state index contributed by atoms with van der Waals surface area (Å²) in [5.74, 6) is 3.13. The SMILES string of the molecule is CNC(CSCC(C)C)Cc1ccc2ccccc2n1. The highest BCUT2D eigenvalue weighted by Crippen LogP contribution is 2.15. The maximum atomic E-state index is 4.76. The van der Waals surface area contributed by atoms with Crippen molar-refractivity contribution in [3.05, 3.63) is 42.1 Å². The standard InChI is InChI=1S/C17H24N2S/c1-13(2)11-20-12-16(18-3)10-15-9-8-14-6-4-5-7-17(14)19-15/h4-9,13,16,18H,10-12H2,1-3H3. The molecule has 0 aliphatic heterocycles. The molecule has 1 N–H and O–H groups in total. The van der Waals surface area contributed by atoms with Crippen LogP contribution in [-0.2, 0) is 6.42 Å². The molecule has 0 aliphatic carbocycles. The number of hydrogen-bond acceptors (Lipinski definition) is 3. The molecule has 20 heavy (non-hydrogen) atoms. The highest BCUT2D eigenvalue weighted by Gasteiger charge is 2.09.